The fourth-order valence-corrected chi connectivity index (χ4v) is 3.56. The second kappa shape index (κ2) is 7.00. The van der Waals surface area contributed by atoms with Crippen LogP contribution >= 0.6 is 0 Å². The molecule has 0 aliphatic carbocycles. The molecule has 25 heavy (non-hydrogen) atoms. The van der Waals surface area contributed by atoms with E-state index in [2.05, 4.69) is 38.9 Å². The molecule has 2 aromatic heterocycles. The molecular weight excluding hydrogens is 316 g/mol. The number of aromatic nitrogens is 2. The second-order valence-electron chi connectivity index (χ2n) is 6.65. The van der Waals surface area contributed by atoms with Crippen LogP contribution in [0.1, 0.15) is 17.5 Å². The molecule has 4 rings (SSSR count). The third-order valence-corrected chi connectivity index (χ3v) is 4.88. The number of hydrogen-bond donors (Lipinski definition) is 1. The molecule has 1 aliphatic heterocycles. The number of hydrogen-bond acceptors (Lipinski definition) is 5. The first kappa shape index (κ1) is 16.3. The van der Waals surface area contributed by atoms with E-state index in [1.807, 2.05) is 37.8 Å². The zero-order chi connectivity index (χ0) is 17.2. The van der Waals surface area contributed by atoms with Crippen molar-refractivity contribution in [2.24, 2.45) is 7.05 Å². The van der Waals surface area contributed by atoms with Crippen molar-refractivity contribution in [1.82, 2.24) is 19.8 Å². The third kappa shape index (κ3) is 3.33. The van der Waals surface area contributed by atoms with Crippen LogP contribution in [0.15, 0.2) is 47.3 Å². The molecule has 6 heteroatoms. The highest BCUT2D eigenvalue weighted by Crippen LogP contribution is 2.27. The molecule has 3 aromatic rings. The van der Waals surface area contributed by atoms with Crippen LogP contribution in [0.5, 0.6) is 0 Å². The normalized spacial score (nSPS) is 21.8. The van der Waals surface area contributed by atoms with Crippen molar-refractivity contribution in [2.45, 2.75) is 18.7 Å². The highest BCUT2D eigenvalue weighted by molar-refractivity contribution is 5.77. The molecule has 0 radical (unpaired) electrons. The number of ether oxygens (including phenoxy) is 1. The standard InChI is InChI=1S/C19H24N4O2/c1-22-7-8-24-18(19(22)16-11-21-13-23(16)2)12-20-10-15-9-14-5-3-4-6-17(14)25-15/h3-6,9,11,13,18-20H,7-8,10,12H2,1-2H3/t18-,19-/m0/s1. The lowest BCUT2D eigenvalue weighted by Gasteiger charge is -2.39. The summed E-state index contributed by atoms with van der Waals surface area (Å²) in [6.07, 6.45) is 3.86. The van der Waals surface area contributed by atoms with Gasteiger partial charge >= 0.3 is 0 Å². The maximum absolute atomic E-state index is 6.06. The van der Waals surface area contributed by atoms with Crippen LogP contribution in [0.25, 0.3) is 11.0 Å². The van der Waals surface area contributed by atoms with E-state index in [9.17, 15) is 0 Å². The highest BCUT2D eigenvalue weighted by atomic mass is 16.5. The Labute approximate surface area is 147 Å². The Morgan fingerprint density at radius 1 is 1.28 bits per heavy atom. The van der Waals surface area contributed by atoms with Crippen LogP contribution < -0.4 is 5.32 Å². The lowest BCUT2D eigenvalue weighted by molar-refractivity contribution is -0.0637. The maximum atomic E-state index is 6.06. The Balaban J connectivity index is 1.42. The van der Waals surface area contributed by atoms with E-state index < -0.39 is 0 Å². The summed E-state index contributed by atoms with van der Waals surface area (Å²) in [6.45, 7) is 3.13. The monoisotopic (exact) mass is 340 g/mol. The lowest BCUT2D eigenvalue weighted by Crippen LogP contribution is -2.47. The van der Waals surface area contributed by atoms with Crippen LogP contribution in [-0.2, 0) is 18.3 Å². The number of fused-ring (bicyclic) bond motifs is 1. The summed E-state index contributed by atoms with van der Waals surface area (Å²) in [4.78, 5) is 6.60. The van der Waals surface area contributed by atoms with Crippen molar-refractivity contribution in [3.05, 3.63) is 54.3 Å². The molecule has 0 spiro atoms. The highest BCUT2D eigenvalue weighted by Gasteiger charge is 2.33. The molecule has 0 bridgehead atoms. The minimum Gasteiger partial charge on any atom is -0.460 e. The number of likely N-dealkylation sites (N-methyl/N-ethyl adjacent to an activating group) is 1. The topological polar surface area (TPSA) is 55.5 Å². The van der Waals surface area contributed by atoms with Gasteiger partial charge in [0.15, 0.2) is 0 Å². The zero-order valence-electron chi connectivity index (χ0n) is 14.7. The van der Waals surface area contributed by atoms with Gasteiger partial charge in [-0.2, -0.15) is 0 Å². The van der Waals surface area contributed by atoms with Gasteiger partial charge < -0.3 is 19.0 Å². The first-order valence-electron chi connectivity index (χ1n) is 8.68. The average molecular weight is 340 g/mol. The molecule has 1 N–H and O–H groups in total. The molecule has 0 unspecified atom stereocenters. The van der Waals surface area contributed by atoms with Crippen LogP contribution in [-0.4, -0.2) is 47.3 Å². The molecule has 1 fully saturated rings. The van der Waals surface area contributed by atoms with Gasteiger partial charge in [-0.1, -0.05) is 18.2 Å². The van der Waals surface area contributed by atoms with Crippen molar-refractivity contribution in [3.8, 4) is 0 Å². The number of furan rings is 1. The minimum absolute atomic E-state index is 0.0820. The Morgan fingerprint density at radius 3 is 2.96 bits per heavy atom. The van der Waals surface area contributed by atoms with Gasteiger partial charge in [0.2, 0.25) is 0 Å². The quantitative estimate of drug-likeness (QED) is 0.772. The smallest absolute Gasteiger partial charge is 0.134 e. The van der Waals surface area contributed by atoms with Crippen LogP contribution in [0.4, 0.5) is 0 Å². The van der Waals surface area contributed by atoms with Crippen molar-refractivity contribution >= 4 is 11.0 Å². The fraction of sp³-hybridized carbons (Fsp3) is 0.421. The predicted molar refractivity (Wildman–Crippen MR) is 96.2 cm³/mol. The molecule has 6 nitrogen and oxygen atoms in total. The third-order valence-electron chi connectivity index (χ3n) is 4.88. The summed E-state index contributed by atoms with van der Waals surface area (Å²) in [5.74, 6) is 0.947. The van der Waals surface area contributed by atoms with E-state index in [0.717, 1.165) is 36.4 Å². The van der Waals surface area contributed by atoms with E-state index in [0.29, 0.717) is 6.54 Å². The fourth-order valence-electron chi connectivity index (χ4n) is 3.56. The lowest BCUT2D eigenvalue weighted by atomic mass is 10.0. The van der Waals surface area contributed by atoms with E-state index in [4.69, 9.17) is 9.15 Å². The largest absolute Gasteiger partial charge is 0.460 e. The van der Waals surface area contributed by atoms with Crippen LogP contribution in [0.2, 0.25) is 0 Å². The van der Waals surface area contributed by atoms with Gasteiger partial charge in [0.05, 0.1) is 37.3 Å². The van der Waals surface area contributed by atoms with Gasteiger partial charge in [0.25, 0.3) is 0 Å². The SMILES string of the molecule is CN1CCO[C@@H](CNCc2cc3ccccc3o2)[C@@H]1c1cncn1C. The van der Waals surface area contributed by atoms with Gasteiger partial charge in [-0.15, -0.1) is 0 Å². The Kier molecular flexibility index (Phi) is 4.57. The summed E-state index contributed by atoms with van der Waals surface area (Å²) >= 11 is 0. The molecule has 3 heterocycles. The first-order valence-corrected chi connectivity index (χ1v) is 8.68. The number of nitrogens with zero attached hydrogens (tertiary/aromatic N) is 3. The number of morpholine rings is 1. The van der Waals surface area contributed by atoms with Crippen molar-refractivity contribution in [2.75, 3.05) is 26.7 Å². The molecule has 0 amide bonds. The van der Waals surface area contributed by atoms with E-state index in [-0.39, 0.29) is 12.1 Å². The summed E-state index contributed by atoms with van der Waals surface area (Å²) < 4.78 is 14.0. The number of imidazole rings is 1. The van der Waals surface area contributed by atoms with Crippen molar-refractivity contribution in [3.63, 3.8) is 0 Å². The first-order chi connectivity index (χ1) is 12.2. The van der Waals surface area contributed by atoms with Crippen molar-refractivity contribution in [1.29, 1.82) is 0 Å². The molecule has 1 aromatic carbocycles. The zero-order valence-corrected chi connectivity index (χ0v) is 14.7. The molecule has 2 atom stereocenters. The summed E-state index contributed by atoms with van der Waals surface area (Å²) in [5, 5.41) is 4.63. The number of rotatable bonds is 5. The molecule has 1 saturated heterocycles. The van der Waals surface area contributed by atoms with Gasteiger partial charge in [-0.05, 0) is 19.2 Å². The van der Waals surface area contributed by atoms with Gasteiger partial charge in [-0.3, -0.25) is 4.90 Å². The van der Waals surface area contributed by atoms with Gasteiger partial charge in [-0.25, -0.2) is 4.98 Å². The Morgan fingerprint density at radius 2 is 2.16 bits per heavy atom. The molecular formula is C19H24N4O2. The summed E-state index contributed by atoms with van der Waals surface area (Å²) in [6, 6.07) is 10.4. The summed E-state index contributed by atoms with van der Waals surface area (Å²) in [5.41, 5.74) is 2.11. The molecule has 1 aliphatic rings. The van der Waals surface area contributed by atoms with E-state index in [1.54, 1.807) is 0 Å². The van der Waals surface area contributed by atoms with E-state index in [1.165, 1.54) is 5.69 Å². The average Bonchev–Trinajstić information content (AvgIpc) is 3.21. The number of para-hydroxylation sites is 1. The van der Waals surface area contributed by atoms with Crippen LogP contribution in [0, 0.1) is 0 Å². The minimum atomic E-state index is 0.0820. The van der Waals surface area contributed by atoms with Crippen LogP contribution in [0.3, 0.4) is 0 Å². The van der Waals surface area contributed by atoms with Gasteiger partial charge in [0, 0.05) is 31.7 Å². The van der Waals surface area contributed by atoms with Gasteiger partial charge in [0.1, 0.15) is 11.3 Å². The second-order valence-corrected chi connectivity index (χ2v) is 6.65. The Hall–Kier alpha value is -2.15. The number of nitrogens with one attached hydrogen (secondary N) is 1. The maximum Gasteiger partial charge on any atom is 0.134 e. The van der Waals surface area contributed by atoms with E-state index >= 15 is 0 Å². The number of aryl methyl sites for hydroxylation is 1. The number of benzene rings is 1. The molecule has 0 saturated carbocycles. The summed E-state index contributed by atoms with van der Waals surface area (Å²) in [7, 11) is 4.18. The van der Waals surface area contributed by atoms with Crippen molar-refractivity contribution < 1.29 is 9.15 Å². The molecule has 132 valence electrons. The predicted octanol–water partition coefficient (Wildman–Crippen LogP) is 2.33. The Bertz CT molecular complexity index is 808.